The number of hydrogen-bond donors (Lipinski definition) is 2. The number of guanidine groups is 1. The van der Waals surface area contributed by atoms with Gasteiger partial charge in [-0.3, -0.25) is 14.7 Å². The molecule has 1 saturated heterocycles. The van der Waals surface area contributed by atoms with Gasteiger partial charge in [-0.2, -0.15) is 0 Å². The van der Waals surface area contributed by atoms with Crippen LogP contribution in [0.15, 0.2) is 22.5 Å². The molecule has 0 saturated carbocycles. The van der Waals surface area contributed by atoms with Crippen LogP contribution in [0.3, 0.4) is 0 Å². The molecule has 6 nitrogen and oxygen atoms in total. The molecule has 8 heteroatoms. The Morgan fingerprint density at radius 2 is 2.21 bits per heavy atom. The third kappa shape index (κ3) is 9.21. The summed E-state index contributed by atoms with van der Waals surface area (Å²) in [7, 11) is 3.69. The monoisotopic (exact) mass is 535 g/mol. The molecule has 29 heavy (non-hydrogen) atoms. The van der Waals surface area contributed by atoms with Crippen LogP contribution in [0.5, 0.6) is 0 Å². The van der Waals surface area contributed by atoms with Crippen LogP contribution in [0.25, 0.3) is 0 Å². The Balaban J connectivity index is 0.00000420. The number of thiophene rings is 1. The van der Waals surface area contributed by atoms with E-state index in [2.05, 4.69) is 46.9 Å². The molecule has 2 unspecified atom stereocenters. The summed E-state index contributed by atoms with van der Waals surface area (Å²) in [4.78, 5) is 22.5. The second-order valence-corrected chi connectivity index (χ2v) is 8.85. The molecule has 166 valence electrons. The fourth-order valence-electron chi connectivity index (χ4n) is 3.59. The maximum atomic E-state index is 12.3. The van der Waals surface area contributed by atoms with E-state index < -0.39 is 0 Å². The van der Waals surface area contributed by atoms with Gasteiger partial charge in [0.25, 0.3) is 0 Å². The molecule has 2 rings (SSSR count). The number of nitrogens with one attached hydrogen (secondary N) is 2. The minimum atomic E-state index is 0. The van der Waals surface area contributed by atoms with E-state index in [4.69, 9.17) is 4.99 Å². The Labute approximate surface area is 197 Å². The second-order valence-electron chi connectivity index (χ2n) is 7.82. The number of nitrogens with zero attached hydrogens (tertiary/aromatic N) is 3. The normalized spacial score (nSPS) is 18.2. The van der Waals surface area contributed by atoms with E-state index in [0.717, 1.165) is 64.4 Å². The molecule has 2 N–H and O–H groups in total. The number of likely N-dealkylation sites (tertiary alicyclic amines) is 1. The number of hydrogen-bond acceptors (Lipinski definition) is 4. The highest BCUT2D eigenvalue weighted by atomic mass is 127. The van der Waals surface area contributed by atoms with Gasteiger partial charge in [0.1, 0.15) is 0 Å². The highest BCUT2D eigenvalue weighted by Crippen LogP contribution is 2.18. The summed E-state index contributed by atoms with van der Waals surface area (Å²) in [6.07, 6.45) is 4.18. The van der Waals surface area contributed by atoms with Crippen molar-refractivity contribution in [2.24, 2.45) is 10.9 Å². The van der Waals surface area contributed by atoms with Crippen molar-refractivity contribution in [1.82, 2.24) is 20.4 Å². The standard InChI is InChI=1S/C21H37N5OS.HI/c1-5-22-21(24-16-17(2)15-18-9-7-14-28-18)23-11-8-13-26-12-6-10-19(26)20(27)25(3)4;/h7,9,14,17,19H,5-6,8,10-13,15-16H2,1-4H3,(H2,22,23,24);1H. The summed E-state index contributed by atoms with van der Waals surface area (Å²) in [5.41, 5.74) is 0. The summed E-state index contributed by atoms with van der Waals surface area (Å²) in [5.74, 6) is 1.65. The van der Waals surface area contributed by atoms with Crippen molar-refractivity contribution in [1.29, 1.82) is 0 Å². The lowest BCUT2D eigenvalue weighted by molar-refractivity contribution is -0.133. The van der Waals surface area contributed by atoms with Crippen LogP contribution in [0.2, 0.25) is 0 Å². The largest absolute Gasteiger partial charge is 0.357 e. The number of carbonyl (C=O) groups excluding carboxylic acids is 1. The number of likely N-dealkylation sites (N-methyl/N-ethyl adjacent to an activating group) is 1. The maximum absolute atomic E-state index is 12.3. The van der Waals surface area contributed by atoms with Crippen molar-refractivity contribution in [3.8, 4) is 0 Å². The van der Waals surface area contributed by atoms with Gasteiger partial charge in [-0.15, -0.1) is 35.3 Å². The minimum Gasteiger partial charge on any atom is -0.357 e. The zero-order valence-electron chi connectivity index (χ0n) is 18.3. The lowest BCUT2D eigenvalue weighted by Crippen LogP contribution is -2.44. The van der Waals surface area contributed by atoms with Gasteiger partial charge in [-0.05, 0) is 56.5 Å². The Kier molecular flexibility index (Phi) is 12.8. The number of rotatable bonds is 10. The molecule has 0 aromatic carbocycles. The fraction of sp³-hybridized carbons (Fsp3) is 0.714. The molecular weight excluding hydrogens is 497 g/mol. The topological polar surface area (TPSA) is 60.0 Å². The van der Waals surface area contributed by atoms with Crippen molar-refractivity contribution in [3.05, 3.63) is 22.4 Å². The van der Waals surface area contributed by atoms with Crippen molar-refractivity contribution in [2.45, 2.75) is 45.6 Å². The van der Waals surface area contributed by atoms with Gasteiger partial charge in [-0.25, -0.2) is 0 Å². The van der Waals surface area contributed by atoms with Crippen LogP contribution in [-0.4, -0.2) is 74.5 Å². The van der Waals surface area contributed by atoms with Crippen LogP contribution in [0.1, 0.15) is 38.0 Å². The van der Waals surface area contributed by atoms with E-state index in [1.807, 2.05) is 25.4 Å². The van der Waals surface area contributed by atoms with Crippen LogP contribution in [0, 0.1) is 5.92 Å². The molecule has 2 heterocycles. The zero-order valence-corrected chi connectivity index (χ0v) is 21.5. The fourth-order valence-corrected chi connectivity index (χ4v) is 4.46. The molecule has 0 spiro atoms. The quantitative estimate of drug-likeness (QED) is 0.209. The minimum absolute atomic E-state index is 0. The van der Waals surface area contributed by atoms with Gasteiger partial charge in [0.2, 0.25) is 5.91 Å². The average molecular weight is 536 g/mol. The molecule has 1 aliphatic heterocycles. The lowest BCUT2D eigenvalue weighted by Gasteiger charge is -2.26. The van der Waals surface area contributed by atoms with Gasteiger partial charge >= 0.3 is 0 Å². The summed E-state index contributed by atoms with van der Waals surface area (Å²) in [6.45, 7) is 8.86. The van der Waals surface area contributed by atoms with Crippen molar-refractivity contribution < 1.29 is 4.79 Å². The maximum Gasteiger partial charge on any atom is 0.239 e. The third-order valence-corrected chi connectivity index (χ3v) is 5.94. The molecule has 0 bridgehead atoms. The first kappa shape index (κ1) is 26.2. The van der Waals surface area contributed by atoms with Crippen LogP contribution in [0.4, 0.5) is 0 Å². The summed E-state index contributed by atoms with van der Waals surface area (Å²) < 4.78 is 0. The van der Waals surface area contributed by atoms with Crippen LogP contribution < -0.4 is 10.6 Å². The summed E-state index contributed by atoms with van der Waals surface area (Å²) in [6, 6.07) is 4.37. The molecule has 2 atom stereocenters. The smallest absolute Gasteiger partial charge is 0.239 e. The number of halogens is 1. The van der Waals surface area contributed by atoms with E-state index in [-0.39, 0.29) is 35.9 Å². The zero-order chi connectivity index (χ0) is 20.4. The molecule has 1 amide bonds. The van der Waals surface area contributed by atoms with E-state index in [1.54, 1.807) is 4.90 Å². The molecule has 1 aromatic rings. The Hall–Kier alpha value is -0.870. The van der Waals surface area contributed by atoms with E-state index in [1.165, 1.54) is 4.88 Å². The first-order valence-electron chi connectivity index (χ1n) is 10.5. The highest BCUT2D eigenvalue weighted by molar-refractivity contribution is 14.0. The SMILES string of the molecule is CCNC(=NCC(C)Cc1cccs1)NCCCN1CCCC1C(=O)N(C)C.I. The van der Waals surface area contributed by atoms with Crippen molar-refractivity contribution in [3.63, 3.8) is 0 Å². The van der Waals surface area contributed by atoms with Crippen molar-refractivity contribution in [2.75, 3.05) is 46.8 Å². The van der Waals surface area contributed by atoms with Gasteiger partial charge < -0.3 is 15.5 Å². The van der Waals surface area contributed by atoms with E-state index in [0.29, 0.717) is 5.92 Å². The Morgan fingerprint density at radius 3 is 2.86 bits per heavy atom. The van der Waals surface area contributed by atoms with Crippen LogP contribution in [-0.2, 0) is 11.2 Å². The first-order valence-corrected chi connectivity index (χ1v) is 11.4. The van der Waals surface area contributed by atoms with Gasteiger partial charge in [0.05, 0.1) is 6.04 Å². The number of aliphatic imine (C=N–C) groups is 1. The van der Waals surface area contributed by atoms with Gasteiger partial charge in [0, 0.05) is 45.2 Å². The van der Waals surface area contributed by atoms with Gasteiger partial charge in [0.15, 0.2) is 5.96 Å². The molecule has 1 fully saturated rings. The first-order chi connectivity index (χ1) is 13.5. The molecule has 0 radical (unpaired) electrons. The predicted molar refractivity (Wildman–Crippen MR) is 134 cm³/mol. The summed E-state index contributed by atoms with van der Waals surface area (Å²) in [5, 5.41) is 8.91. The van der Waals surface area contributed by atoms with Crippen molar-refractivity contribution >= 4 is 47.2 Å². The average Bonchev–Trinajstić information content (AvgIpc) is 3.34. The summed E-state index contributed by atoms with van der Waals surface area (Å²) >= 11 is 1.82. The van der Waals surface area contributed by atoms with Crippen LogP contribution >= 0.6 is 35.3 Å². The Morgan fingerprint density at radius 1 is 1.41 bits per heavy atom. The molecule has 1 aromatic heterocycles. The van der Waals surface area contributed by atoms with E-state index >= 15 is 0 Å². The lowest BCUT2D eigenvalue weighted by atomic mass is 10.1. The second kappa shape index (κ2) is 14.2. The Bertz CT molecular complexity index is 608. The third-order valence-electron chi connectivity index (χ3n) is 5.04. The molecular formula is C21H38IN5OS. The molecule has 0 aliphatic carbocycles. The number of carbonyl (C=O) groups is 1. The van der Waals surface area contributed by atoms with E-state index in [9.17, 15) is 4.79 Å². The van der Waals surface area contributed by atoms with Gasteiger partial charge in [-0.1, -0.05) is 13.0 Å². The highest BCUT2D eigenvalue weighted by Gasteiger charge is 2.30. The molecule has 1 aliphatic rings. The predicted octanol–water partition coefficient (Wildman–Crippen LogP) is 3.04. The number of amides is 1.